The van der Waals surface area contributed by atoms with Crippen molar-refractivity contribution >= 4 is 11.0 Å². The Balaban J connectivity index is 2.90. The van der Waals surface area contributed by atoms with Crippen molar-refractivity contribution < 1.29 is 0 Å². The number of imidazole rings is 1. The predicted octanol–water partition coefficient (Wildman–Crippen LogP) is 1.57. The number of nitrogens with zero attached hydrogens (tertiary/aromatic N) is 2. The zero-order chi connectivity index (χ0) is 7.84. The van der Waals surface area contributed by atoms with Gasteiger partial charge >= 0.3 is 0 Å². The van der Waals surface area contributed by atoms with E-state index in [1.165, 1.54) is 0 Å². The van der Waals surface area contributed by atoms with Crippen molar-refractivity contribution in [2.75, 3.05) is 0 Å². The first-order chi connectivity index (χ1) is 5.27. The van der Waals surface area contributed by atoms with Crippen LogP contribution in [0.4, 0.5) is 0 Å². The average Bonchev–Trinajstić information content (AvgIpc) is 2.31. The second kappa shape index (κ2) is 2.05. The average molecular weight is 147 g/mol. The molecule has 3 heteroatoms. The van der Waals surface area contributed by atoms with Gasteiger partial charge in [-0.25, -0.2) is 4.98 Å². The van der Waals surface area contributed by atoms with E-state index in [2.05, 4.69) is 15.0 Å². The van der Waals surface area contributed by atoms with Gasteiger partial charge in [0.15, 0.2) is 0 Å². The summed E-state index contributed by atoms with van der Waals surface area (Å²) in [4.78, 5) is 11.6. The summed E-state index contributed by atoms with van der Waals surface area (Å²) in [5.41, 5.74) is 3.02. The van der Waals surface area contributed by atoms with Gasteiger partial charge in [-0.05, 0) is 19.9 Å². The largest absolute Gasteiger partial charge is 0.342 e. The molecule has 0 radical (unpaired) electrons. The highest BCUT2D eigenvalue weighted by molar-refractivity contribution is 5.76. The third-order valence-electron chi connectivity index (χ3n) is 1.70. The number of hydrogen-bond donors (Lipinski definition) is 1. The van der Waals surface area contributed by atoms with E-state index in [1.807, 2.05) is 19.9 Å². The summed E-state index contributed by atoms with van der Waals surface area (Å²) in [5.74, 6) is 0.941. The standard InChI is InChI=1S/C8H9N3/c1-5-8-7(3-4-9-5)10-6(2)11-8/h3-4H,1-2H3,(H,10,11). The van der Waals surface area contributed by atoms with Gasteiger partial charge in [-0.2, -0.15) is 0 Å². The number of aryl methyl sites for hydroxylation is 2. The zero-order valence-electron chi connectivity index (χ0n) is 6.55. The number of pyridine rings is 1. The van der Waals surface area contributed by atoms with Gasteiger partial charge in [-0.1, -0.05) is 0 Å². The van der Waals surface area contributed by atoms with Crippen LogP contribution in [-0.4, -0.2) is 15.0 Å². The van der Waals surface area contributed by atoms with E-state index < -0.39 is 0 Å². The summed E-state index contributed by atoms with van der Waals surface area (Å²) in [6, 6.07) is 1.93. The highest BCUT2D eigenvalue weighted by Gasteiger charge is 2.00. The van der Waals surface area contributed by atoms with Crippen molar-refractivity contribution in [3.05, 3.63) is 23.8 Å². The molecule has 0 saturated heterocycles. The number of H-pyrrole nitrogens is 1. The second-order valence-electron chi connectivity index (χ2n) is 2.61. The second-order valence-corrected chi connectivity index (χ2v) is 2.61. The van der Waals surface area contributed by atoms with Crippen molar-refractivity contribution in [2.24, 2.45) is 0 Å². The SMILES string of the molecule is Cc1nc2c(C)nccc2[nH]1. The lowest BCUT2D eigenvalue weighted by Crippen LogP contribution is -1.80. The van der Waals surface area contributed by atoms with Crippen LogP contribution in [0.3, 0.4) is 0 Å². The Morgan fingerprint density at radius 1 is 1.36 bits per heavy atom. The highest BCUT2D eigenvalue weighted by Crippen LogP contribution is 2.11. The number of nitrogens with one attached hydrogen (secondary N) is 1. The molecule has 3 nitrogen and oxygen atoms in total. The summed E-state index contributed by atoms with van der Waals surface area (Å²) in [6.45, 7) is 3.90. The van der Waals surface area contributed by atoms with Crippen LogP contribution in [-0.2, 0) is 0 Å². The van der Waals surface area contributed by atoms with E-state index in [-0.39, 0.29) is 0 Å². The molecular weight excluding hydrogens is 138 g/mol. The Kier molecular flexibility index (Phi) is 1.18. The molecule has 0 aliphatic heterocycles. The Morgan fingerprint density at radius 2 is 2.18 bits per heavy atom. The van der Waals surface area contributed by atoms with Gasteiger partial charge in [-0.3, -0.25) is 4.98 Å². The monoisotopic (exact) mass is 147 g/mol. The molecule has 11 heavy (non-hydrogen) atoms. The fraction of sp³-hybridized carbons (Fsp3) is 0.250. The summed E-state index contributed by atoms with van der Waals surface area (Å²) >= 11 is 0. The molecule has 2 rings (SSSR count). The number of hydrogen-bond acceptors (Lipinski definition) is 2. The molecule has 0 amide bonds. The molecule has 0 saturated carbocycles. The molecule has 0 aliphatic rings. The van der Waals surface area contributed by atoms with Crippen molar-refractivity contribution in [1.82, 2.24) is 15.0 Å². The van der Waals surface area contributed by atoms with Crippen LogP contribution in [0, 0.1) is 13.8 Å². The third-order valence-corrected chi connectivity index (χ3v) is 1.70. The summed E-state index contributed by atoms with van der Waals surface area (Å²) in [6.07, 6.45) is 1.79. The third kappa shape index (κ3) is 0.888. The predicted molar refractivity (Wildman–Crippen MR) is 43.4 cm³/mol. The minimum absolute atomic E-state index is 0.941. The molecule has 0 unspecified atom stereocenters. The Morgan fingerprint density at radius 3 is 2.91 bits per heavy atom. The lowest BCUT2D eigenvalue weighted by atomic mass is 10.3. The molecule has 2 heterocycles. The Labute approximate surface area is 64.5 Å². The maximum atomic E-state index is 4.29. The maximum Gasteiger partial charge on any atom is 0.110 e. The molecule has 1 N–H and O–H groups in total. The van der Waals surface area contributed by atoms with E-state index in [1.54, 1.807) is 6.20 Å². The molecule has 2 aromatic rings. The molecule has 0 bridgehead atoms. The van der Waals surface area contributed by atoms with Gasteiger partial charge in [0, 0.05) is 6.20 Å². The van der Waals surface area contributed by atoms with Gasteiger partial charge in [0.1, 0.15) is 11.3 Å². The molecule has 56 valence electrons. The van der Waals surface area contributed by atoms with Crippen molar-refractivity contribution in [3.63, 3.8) is 0 Å². The van der Waals surface area contributed by atoms with Gasteiger partial charge in [-0.15, -0.1) is 0 Å². The van der Waals surface area contributed by atoms with Crippen molar-refractivity contribution in [3.8, 4) is 0 Å². The van der Waals surface area contributed by atoms with Crippen molar-refractivity contribution in [1.29, 1.82) is 0 Å². The van der Waals surface area contributed by atoms with Crippen LogP contribution in [0.25, 0.3) is 11.0 Å². The molecule has 0 fully saturated rings. The fourth-order valence-electron chi connectivity index (χ4n) is 1.19. The van der Waals surface area contributed by atoms with Crippen LogP contribution in [0.15, 0.2) is 12.3 Å². The van der Waals surface area contributed by atoms with Gasteiger partial charge in [0.2, 0.25) is 0 Å². The first-order valence-electron chi connectivity index (χ1n) is 3.55. The van der Waals surface area contributed by atoms with Crippen LogP contribution in [0.1, 0.15) is 11.5 Å². The van der Waals surface area contributed by atoms with Gasteiger partial charge in [0.25, 0.3) is 0 Å². The quantitative estimate of drug-likeness (QED) is 0.614. The first kappa shape index (κ1) is 6.34. The lowest BCUT2D eigenvalue weighted by molar-refractivity contribution is 1.16. The number of aromatic nitrogens is 3. The topological polar surface area (TPSA) is 41.6 Å². The van der Waals surface area contributed by atoms with Crippen LogP contribution in [0.2, 0.25) is 0 Å². The normalized spacial score (nSPS) is 10.7. The van der Waals surface area contributed by atoms with Crippen LogP contribution >= 0.6 is 0 Å². The molecule has 2 aromatic heterocycles. The van der Waals surface area contributed by atoms with E-state index in [4.69, 9.17) is 0 Å². The first-order valence-corrected chi connectivity index (χ1v) is 3.55. The summed E-state index contributed by atoms with van der Waals surface area (Å²) < 4.78 is 0. The summed E-state index contributed by atoms with van der Waals surface area (Å²) in [7, 11) is 0. The molecule has 0 atom stereocenters. The van der Waals surface area contributed by atoms with Crippen LogP contribution in [0.5, 0.6) is 0 Å². The van der Waals surface area contributed by atoms with E-state index in [0.717, 1.165) is 22.6 Å². The van der Waals surface area contributed by atoms with Crippen LogP contribution < -0.4 is 0 Å². The van der Waals surface area contributed by atoms with Gasteiger partial charge < -0.3 is 4.98 Å². The molecule has 0 aromatic carbocycles. The Hall–Kier alpha value is -1.38. The molecule has 0 aliphatic carbocycles. The number of rotatable bonds is 0. The number of fused-ring (bicyclic) bond motifs is 1. The highest BCUT2D eigenvalue weighted by atomic mass is 14.9. The molecule has 0 spiro atoms. The minimum Gasteiger partial charge on any atom is -0.342 e. The molecular formula is C8H9N3. The minimum atomic E-state index is 0.941. The van der Waals surface area contributed by atoms with Crippen molar-refractivity contribution in [2.45, 2.75) is 13.8 Å². The Bertz CT molecular complexity index is 389. The van der Waals surface area contributed by atoms with E-state index in [0.29, 0.717) is 0 Å². The zero-order valence-corrected chi connectivity index (χ0v) is 6.55. The smallest absolute Gasteiger partial charge is 0.110 e. The number of aromatic amines is 1. The van der Waals surface area contributed by atoms with E-state index >= 15 is 0 Å². The summed E-state index contributed by atoms with van der Waals surface area (Å²) in [5, 5.41) is 0. The van der Waals surface area contributed by atoms with Gasteiger partial charge in [0.05, 0.1) is 11.2 Å². The lowest BCUT2D eigenvalue weighted by Gasteiger charge is -1.89. The van der Waals surface area contributed by atoms with E-state index in [9.17, 15) is 0 Å². The fourth-order valence-corrected chi connectivity index (χ4v) is 1.19. The maximum absolute atomic E-state index is 4.29.